The average molecular weight is 362 g/mol. The van der Waals surface area contributed by atoms with Crippen LogP contribution in [0.4, 0.5) is 11.4 Å². The molecule has 0 radical (unpaired) electrons. The minimum atomic E-state index is -2.28. The average Bonchev–Trinajstić information content (AvgIpc) is 2.60. The van der Waals surface area contributed by atoms with Crippen LogP contribution in [0.1, 0.15) is 12.5 Å². The number of nitrogens with zero attached hydrogens (tertiary/aromatic N) is 1. The van der Waals surface area contributed by atoms with Crippen LogP contribution in [0.5, 0.6) is 5.75 Å². The van der Waals surface area contributed by atoms with Gasteiger partial charge in [-0.25, -0.2) is 0 Å². The van der Waals surface area contributed by atoms with E-state index in [4.69, 9.17) is 10.5 Å². The van der Waals surface area contributed by atoms with Crippen LogP contribution in [0.3, 0.4) is 0 Å². The third kappa shape index (κ3) is 6.38. The Morgan fingerprint density at radius 3 is 2.44 bits per heavy atom. The van der Waals surface area contributed by atoms with Crippen molar-refractivity contribution in [2.45, 2.75) is 19.4 Å². The monoisotopic (exact) mass is 362 g/mol. The highest BCUT2D eigenvalue weighted by molar-refractivity contribution is 7.80. The van der Waals surface area contributed by atoms with Gasteiger partial charge in [-0.15, -0.1) is 0 Å². The van der Waals surface area contributed by atoms with Gasteiger partial charge in [0.25, 0.3) is 0 Å². The Balaban J connectivity index is 1.71. The fourth-order valence-corrected chi connectivity index (χ4v) is 2.61. The fourth-order valence-electron chi connectivity index (χ4n) is 2.32. The number of nitrogens with one attached hydrogen (secondary N) is 1. The highest BCUT2D eigenvalue weighted by Crippen LogP contribution is 2.20. The van der Waals surface area contributed by atoms with Crippen molar-refractivity contribution in [3.8, 4) is 5.75 Å². The first-order valence-corrected chi connectivity index (χ1v) is 9.14. The lowest BCUT2D eigenvalue weighted by Gasteiger charge is -2.21. The summed E-state index contributed by atoms with van der Waals surface area (Å²) < 4.78 is 28.8. The molecule has 3 N–H and O–H groups in total. The Morgan fingerprint density at radius 2 is 1.84 bits per heavy atom. The third-order valence-electron chi connectivity index (χ3n) is 3.76. The Hall–Kier alpha value is -2.09. The molecule has 25 heavy (non-hydrogen) atoms. The van der Waals surface area contributed by atoms with Crippen molar-refractivity contribution in [3.63, 3.8) is 0 Å². The van der Waals surface area contributed by atoms with Crippen LogP contribution >= 0.6 is 0 Å². The van der Waals surface area contributed by atoms with Crippen LogP contribution in [-0.4, -0.2) is 35.0 Å². The molecule has 0 heterocycles. The molecule has 2 atom stereocenters. The number of anilines is 2. The van der Waals surface area contributed by atoms with Gasteiger partial charge in [-0.05, 0) is 61.9 Å². The standard InChI is InChI=1S/C18H25N3O3S/c1-14(13-20-12-11-15-3-5-16(19)6-4-15)24-18-9-7-17(8-10-18)21(2)25(22)23/h3-10,14,20H,11-13,19H2,1-2H3,(H,22,23)/p-1. The zero-order valence-electron chi connectivity index (χ0n) is 14.5. The molecule has 0 amide bonds. The lowest BCUT2D eigenvalue weighted by molar-refractivity contribution is 0.217. The van der Waals surface area contributed by atoms with Gasteiger partial charge in [0.2, 0.25) is 0 Å². The summed E-state index contributed by atoms with van der Waals surface area (Å²) in [6, 6.07) is 14.8. The van der Waals surface area contributed by atoms with Crippen LogP contribution in [0, 0.1) is 0 Å². The van der Waals surface area contributed by atoms with Crippen LogP contribution in [0.2, 0.25) is 0 Å². The van der Waals surface area contributed by atoms with Crippen molar-refractivity contribution in [2.75, 3.05) is 30.2 Å². The molecule has 0 saturated carbocycles. The van der Waals surface area contributed by atoms with E-state index in [2.05, 4.69) is 5.32 Å². The summed E-state index contributed by atoms with van der Waals surface area (Å²) in [6.45, 7) is 3.57. The van der Waals surface area contributed by atoms with E-state index in [9.17, 15) is 8.76 Å². The van der Waals surface area contributed by atoms with Crippen molar-refractivity contribution in [1.29, 1.82) is 0 Å². The van der Waals surface area contributed by atoms with E-state index in [1.165, 1.54) is 12.6 Å². The van der Waals surface area contributed by atoms with E-state index in [-0.39, 0.29) is 6.10 Å². The molecule has 2 rings (SSSR count). The van der Waals surface area contributed by atoms with Crippen molar-refractivity contribution in [1.82, 2.24) is 5.32 Å². The summed E-state index contributed by atoms with van der Waals surface area (Å²) in [6.07, 6.45) is 0.934. The van der Waals surface area contributed by atoms with E-state index in [1.807, 2.05) is 31.2 Å². The molecule has 0 aliphatic heterocycles. The van der Waals surface area contributed by atoms with Gasteiger partial charge in [0.15, 0.2) is 0 Å². The van der Waals surface area contributed by atoms with Gasteiger partial charge in [0, 0.05) is 36.2 Å². The van der Waals surface area contributed by atoms with E-state index < -0.39 is 11.3 Å². The summed E-state index contributed by atoms with van der Waals surface area (Å²) in [7, 11) is 1.49. The Bertz CT molecular complexity index is 677. The van der Waals surface area contributed by atoms with E-state index >= 15 is 0 Å². The fraction of sp³-hybridized carbons (Fsp3) is 0.333. The molecule has 2 aromatic carbocycles. The number of nitrogens with two attached hydrogens (primary N) is 1. The molecule has 0 fully saturated rings. The summed E-state index contributed by atoms with van der Waals surface area (Å²) in [5.74, 6) is 0.710. The van der Waals surface area contributed by atoms with Gasteiger partial charge in [-0.1, -0.05) is 12.1 Å². The largest absolute Gasteiger partial charge is 0.755 e. The van der Waals surface area contributed by atoms with E-state index in [0.29, 0.717) is 11.4 Å². The van der Waals surface area contributed by atoms with Gasteiger partial charge in [0.05, 0.1) is 0 Å². The zero-order chi connectivity index (χ0) is 18.2. The second-order valence-electron chi connectivity index (χ2n) is 5.83. The molecule has 2 aromatic rings. The number of hydrogen-bond acceptors (Lipinski definition) is 5. The summed E-state index contributed by atoms with van der Waals surface area (Å²) in [5, 5.41) is 3.37. The van der Waals surface area contributed by atoms with Gasteiger partial charge >= 0.3 is 0 Å². The molecule has 0 saturated heterocycles. The quantitative estimate of drug-likeness (QED) is 0.405. The maximum absolute atomic E-state index is 10.9. The maximum atomic E-state index is 10.9. The number of ether oxygens (including phenoxy) is 1. The molecule has 0 aromatic heterocycles. The van der Waals surface area contributed by atoms with E-state index in [1.54, 1.807) is 24.3 Å². The molecule has 7 heteroatoms. The minimum Gasteiger partial charge on any atom is -0.755 e. The molecular formula is C18H24N3O3S-. The smallest absolute Gasteiger partial charge is 0.119 e. The van der Waals surface area contributed by atoms with Gasteiger partial charge in [0.1, 0.15) is 11.9 Å². The van der Waals surface area contributed by atoms with Crippen LogP contribution in [-0.2, 0) is 17.7 Å². The molecule has 0 bridgehead atoms. The third-order valence-corrected chi connectivity index (χ3v) is 4.42. The van der Waals surface area contributed by atoms with Crippen LogP contribution in [0.25, 0.3) is 0 Å². The Morgan fingerprint density at radius 1 is 1.20 bits per heavy atom. The van der Waals surface area contributed by atoms with Crippen LogP contribution in [0.15, 0.2) is 48.5 Å². The lowest BCUT2D eigenvalue weighted by Crippen LogP contribution is -2.30. The highest BCUT2D eigenvalue weighted by atomic mass is 32.2. The minimum absolute atomic E-state index is 0.00337. The predicted octanol–water partition coefficient (Wildman–Crippen LogP) is 2.10. The summed E-state index contributed by atoms with van der Waals surface area (Å²) in [4.78, 5) is 0. The molecule has 6 nitrogen and oxygen atoms in total. The zero-order valence-corrected chi connectivity index (χ0v) is 15.3. The number of rotatable bonds is 9. The first-order valence-electron chi connectivity index (χ1n) is 8.10. The predicted molar refractivity (Wildman–Crippen MR) is 101 cm³/mol. The summed E-state index contributed by atoms with van der Waals surface area (Å²) in [5.41, 5.74) is 8.28. The van der Waals surface area contributed by atoms with Gasteiger partial charge in [-0.3, -0.25) is 4.21 Å². The maximum Gasteiger partial charge on any atom is 0.119 e. The molecule has 0 aliphatic carbocycles. The Labute approximate surface area is 151 Å². The molecular weight excluding hydrogens is 338 g/mol. The lowest BCUT2D eigenvalue weighted by atomic mass is 10.1. The summed E-state index contributed by atoms with van der Waals surface area (Å²) >= 11 is -2.28. The molecule has 0 aliphatic rings. The molecule has 136 valence electrons. The van der Waals surface area contributed by atoms with Crippen molar-refractivity contribution in [2.24, 2.45) is 0 Å². The molecule has 2 unspecified atom stereocenters. The normalized spacial score (nSPS) is 13.2. The first kappa shape index (κ1) is 19.2. The van der Waals surface area contributed by atoms with Crippen molar-refractivity contribution < 1.29 is 13.5 Å². The number of nitrogen functional groups attached to an aromatic ring is 1. The second-order valence-corrected chi connectivity index (χ2v) is 6.81. The Kier molecular flexibility index (Phi) is 7.24. The van der Waals surface area contributed by atoms with Gasteiger partial charge in [-0.2, -0.15) is 0 Å². The number of benzene rings is 2. The molecule has 0 spiro atoms. The van der Waals surface area contributed by atoms with Crippen molar-refractivity contribution in [3.05, 3.63) is 54.1 Å². The van der Waals surface area contributed by atoms with Crippen molar-refractivity contribution >= 4 is 22.6 Å². The SMILES string of the molecule is CC(CNCCc1ccc(N)cc1)Oc1ccc(N(C)S(=O)[O-])cc1. The van der Waals surface area contributed by atoms with Crippen LogP contribution < -0.4 is 20.1 Å². The number of hydrogen-bond donors (Lipinski definition) is 2. The first-order chi connectivity index (χ1) is 12.0. The van der Waals surface area contributed by atoms with E-state index in [0.717, 1.165) is 29.5 Å². The van der Waals surface area contributed by atoms with Gasteiger partial charge < -0.3 is 24.6 Å². The topological polar surface area (TPSA) is 90.7 Å². The highest BCUT2D eigenvalue weighted by Gasteiger charge is 2.05. The second kappa shape index (κ2) is 9.41.